The molecule has 3 aromatic carbocycles. The van der Waals surface area contributed by atoms with E-state index >= 15 is 0 Å². The number of hydrogen-bond donors (Lipinski definition) is 2. The van der Waals surface area contributed by atoms with Crippen molar-refractivity contribution in [2.24, 2.45) is 5.10 Å². The van der Waals surface area contributed by atoms with Crippen molar-refractivity contribution in [2.45, 2.75) is 5.75 Å². The Hall–Kier alpha value is -3.39. The van der Waals surface area contributed by atoms with Crippen molar-refractivity contribution in [2.75, 3.05) is 5.75 Å². The van der Waals surface area contributed by atoms with Gasteiger partial charge in [0.1, 0.15) is 5.75 Å². The van der Waals surface area contributed by atoms with Gasteiger partial charge in [-0.15, -0.1) is 11.8 Å². The number of fused-ring (bicyclic) bond motifs is 1. The van der Waals surface area contributed by atoms with E-state index in [0.717, 1.165) is 16.3 Å². The largest absolute Gasteiger partial charge is 0.507 e. The Morgan fingerprint density at radius 1 is 1.14 bits per heavy atom. The molecule has 28 heavy (non-hydrogen) atoms. The fourth-order valence-electron chi connectivity index (χ4n) is 2.60. The lowest BCUT2D eigenvalue weighted by Gasteiger charge is -2.05. The molecule has 0 heterocycles. The number of carbonyl (C=O) groups is 1. The number of carbonyl (C=O) groups excluding carboxylic acids is 1. The highest BCUT2D eigenvalue weighted by Gasteiger charge is 2.06. The van der Waals surface area contributed by atoms with Gasteiger partial charge in [-0.05, 0) is 22.4 Å². The van der Waals surface area contributed by atoms with Gasteiger partial charge in [0.2, 0.25) is 5.91 Å². The number of phenolic OH excluding ortho intramolecular Hbond substituents is 1. The molecule has 0 aliphatic rings. The summed E-state index contributed by atoms with van der Waals surface area (Å²) in [4.78, 5) is 22.1. The number of aromatic hydroxyl groups is 1. The summed E-state index contributed by atoms with van der Waals surface area (Å²) in [5, 5.41) is 26.4. The summed E-state index contributed by atoms with van der Waals surface area (Å²) >= 11 is 1.38. The van der Waals surface area contributed by atoms with Gasteiger partial charge < -0.3 is 5.11 Å². The number of phenols is 1. The average Bonchev–Trinajstić information content (AvgIpc) is 2.70. The number of nitrogens with zero attached hydrogens (tertiary/aromatic N) is 2. The van der Waals surface area contributed by atoms with E-state index in [1.54, 1.807) is 18.2 Å². The Morgan fingerprint density at radius 2 is 1.89 bits per heavy atom. The van der Waals surface area contributed by atoms with Crippen molar-refractivity contribution in [3.05, 3.63) is 81.9 Å². The van der Waals surface area contributed by atoms with Crippen molar-refractivity contribution in [1.29, 1.82) is 0 Å². The van der Waals surface area contributed by atoms with Crippen LogP contribution in [0.15, 0.2) is 65.8 Å². The van der Waals surface area contributed by atoms with Gasteiger partial charge in [0.15, 0.2) is 0 Å². The van der Waals surface area contributed by atoms with E-state index < -0.39 is 4.92 Å². The minimum atomic E-state index is -0.448. The lowest BCUT2D eigenvalue weighted by Crippen LogP contribution is -2.19. The monoisotopic (exact) mass is 395 g/mol. The number of hydrogen-bond acceptors (Lipinski definition) is 6. The molecule has 0 aromatic heterocycles. The van der Waals surface area contributed by atoms with E-state index in [4.69, 9.17) is 0 Å². The van der Waals surface area contributed by atoms with Gasteiger partial charge in [-0.1, -0.05) is 42.5 Å². The Bertz CT molecular complexity index is 1040. The van der Waals surface area contributed by atoms with Crippen LogP contribution in [0.1, 0.15) is 11.1 Å². The second-order valence-corrected chi connectivity index (χ2v) is 6.91. The molecule has 0 radical (unpaired) electrons. The van der Waals surface area contributed by atoms with Crippen molar-refractivity contribution in [3.8, 4) is 5.75 Å². The van der Waals surface area contributed by atoms with Crippen LogP contribution in [0.5, 0.6) is 5.75 Å². The predicted octanol–water partition coefficient (Wildman–Crippen LogP) is 3.84. The van der Waals surface area contributed by atoms with Crippen molar-refractivity contribution in [3.63, 3.8) is 0 Å². The first-order chi connectivity index (χ1) is 13.5. The second kappa shape index (κ2) is 9.01. The summed E-state index contributed by atoms with van der Waals surface area (Å²) < 4.78 is 0. The molecule has 0 spiro atoms. The molecule has 0 unspecified atom stereocenters. The number of benzene rings is 3. The Balaban J connectivity index is 1.52. The van der Waals surface area contributed by atoms with E-state index in [2.05, 4.69) is 10.5 Å². The molecule has 0 bridgehead atoms. The Morgan fingerprint density at radius 3 is 2.64 bits per heavy atom. The van der Waals surface area contributed by atoms with Gasteiger partial charge in [0.25, 0.3) is 5.69 Å². The van der Waals surface area contributed by atoms with Gasteiger partial charge in [0.05, 0.1) is 16.9 Å². The number of non-ortho nitro benzene ring substituents is 1. The normalized spacial score (nSPS) is 11.0. The van der Waals surface area contributed by atoms with E-state index in [9.17, 15) is 20.0 Å². The van der Waals surface area contributed by atoms with Gasteiger partial charge in [-0.2, -0.15) is 5.10 Å². The molecule has 1 amide bonds. The average molecular weight is 395 g/mol. The lowest BCUT2D eigenvalue weighted by atomic mass is 10.0. The Labute approximate surface area is 165 Å². The standard InChI is InChI=1S/C20H17N3O4S/c24-19-10-7-15-3-1-2-4-17(15)18(19)11-21-22-20(25)13-28-12-14-5-8-16(9-6-14)23(26)27/h1-11,24H,12-13H2,(H,22,25)/b21-11+. The quantitative estimate of drug-likeness (QED) is 0.359. The van der Waals surface area contributed by atoms with Crippen LogP contribution in [-0.4, -0.2) is 27.9 Å². The number of nitro benzene ring substituents is 1. The third kappa shape index (κ3) is 4.86. The van der Waals surface area contributed by atoms with Gasteiger partial charge in [-0.3, -0.25) is 14.9 Å². The van der Waals surface area contributed by atoms with Crippen LogP contribution < -0.4 is 5.43 Å². The molecule has 0 saturated heterocycles. The van der Waals surface area contributed by atoms with Gasteiger partial charge in [-0.25, -0.2) is 5.43 Å². The molecule has 2 N–H and O–H groups in total. The molecular formula is C20H17N3O4S. The number of thioether (sulfide) groups is 1. The number of nitro groups is 1. The van der Waals surface area contributed by atoms with Crippen molar-refractivity contribution in [1.82, 2.24) is 5.43 Å². The molecule has 142 valence electrons. The van der Waals surface area contributed by atoms with Crippen molar-refractivity contribution >= 4 is 40.3 Å². The summed E-state index contributed by atoms with van der Waals surface area (Å²) in [5.41, 5.74) is 3.92. The zero-order valence-electron chi connectivity index (χ0n) is 14.7. The van der Waals surface area contributed by atoms with E-state index in [1.807, 2.05) is 30.3 Å². The van der Waals surface area contributed by atoms with Crippen molar-refractivity contribution < 1.29 is 14.8 Å². The maximum absolute atomic E-state index is 11.9. The topological polar surface area (TPSA) is 105 Å². The predicted molar refractivity (Wildman–Crippen MR) is 111 cm³/mol. The third-order valence-corrected chi connectivity index (χ3v) is 4.98. The first-order valence-electron chi connectivity index (χ1n) is 8.38. The first-order valence-corrected chi connectivity index (χ1v) is 9.54. The summed E-state index contributed by atoms with van der Waals surface area (Å²) in [6.07, 6.45) is 1.43. The first kappa shape index (κ1) is 19.4. The minimum Gasteiger partial charge on any atom is -0.507 e. The van der Waals surface area contributed by atoms with Crippen LogP contribution in [0.2, 0.25) is 0 Å². The molecule has 0 atom stereocenters. The maximum Gasteiger partial charge on any atom is 0.269 e. The fourth-order valence-corrected chi connectivity index (χ4v) is 3.38. The van der Waals surface area contributed by atoms with Crippen LogP contribution in [0.3, 0.4) is 0 Å². The van der Waals surface area contributed by atoms with E-state index in [0.29, 0.717) is 11.3 Å². The molecule has 0 saturated carbocycles. The summed E-state index contributed by atoms with van der Waals surface area (Å²) in [6, 6.07) is 17.2. The highest BCUT2D eigenvalue weighted by Crippen LogP contribution is 2.25. The van der Waals surface area contributed by atoms with Crippen LogP contribution in [0.25, 0.3) is 10.8 Å². The number of rotatable bonds is 7. The molecule has 3 rings (SSSR count). The van der Waals surface area contributed by atoms with Crippen LogP contribution in [0.4, 0.5) is 5.69 Å². The van der Waals surface area contributed by atoms with E-state index in [-0.39, 0.29) is 23.1 Å². The SMILES string of the molecule is O=C(CSCc1ccc([N+](=O)[O-])cc1)N/N=C/c1c(O)ccc2ccccc12. The molecule has 3 aromatic rings. The highest BCUT2D eigenvalue weighted by molar-refractivity contribution is 7.99. The molecule has 0 fully saturated rings. The van der Waals surface area contributed by atoms with Crippen LogP contribution in [0, 0.1) is 10.1 Å². The summed E-state index contributed by atoms with van der Waals surface area (Å²) in [5.74, 6) is 0.557. The number of amides is 1. The molecule has 8 heteroatoms. The van der Waals surface area contributed by atoms with Crippen LogP contribution >= 0.6 is 11.8 Å². The summed E-state index contributed by atoms with van der Waals surface area (Å²) in [7, 11) is 0. The second-order valence-electron chi connectivity index (χ2n) is 5.93. The fraction of sp³-hybridized carbons (Fsp3) is 0.100. The Kier molecular flexibility index (Phi) is 6.23. The van der Waals surface area contributed by atoms with E-state index in [1.165, 1.54) is 30.1 Å². The van der Waals surface area contributed by atoms with Gasteiger partial charge in [0, 0.05) is 23.4 Å². The number of nitrogens with one attached hydrogen (secondary N) is 1. The zero-order valence-corrected chi connectivity index (χ0v) is 15.6. The van der Waals surface area contributed by atoms with Crippen LogP contribution in [-0.2, 0) is 10.5 Å². The maximum atomic E-state index is 11.9. The number of hydrazone groups is 1. The lowest BCUT2D eigenvalue weighted by molar-refractivity contribution is -0.384. The highest BCUT2D eigenvalue weighted by atomic mass is 32.2. The zero-order chi connectivity index (χ0) is 19.9. The third-order valence-electron chi connectivity index (χ3n) is 3.98. The molecule has 7 nitrogen and oxygen atoms in total. The molecule has 0 aliphatic heterocycles. The summed E-state index contributed by atoms with van der Waals surface area (Å²) in [6.45, 7) is 0. The molecule has 0 aliphatic carbocycles. The minimum absolute atomic E-state index is 0.0394. The smallest absolute Gasteiger partial charge is 0.269 e. The van der Waals surface area contributed by atoms with Gasteiger partial charge >= 0.3 is 0 Å². The molecular weight excluding hydrogens is 378 g/mol.